The maximum atomic E-state index is 11.3. The van der Waals surface area contributed by atoms with E-state index < -0.39 is 0 Å². The van der Waals surface area contributed by atoms with Gasteiger partial charge in [-0.3, -0.25) is 9.36 Å². The Morgan fingerprint density at radius 1 is 1.62 bits per heavy atom. The topological polar surface area (TPSA) is 22.0 Å². The Morgan fingerprint density at radius 3 is 2.85 bits per heavy atom. The Morgan fingerprint density at radius 2 is 2.38 bits per heavy atom. The quantitative estimate of drug-likeness (QED) is 0.664. The highest BCUT2D eigenvalue weighted by Gasteiger charge is 2.08. The SMILES string of the molecule is Cc1csc(=O)n1CC=C1CCC1. The maximum absolute atomic E-state index is 11.3. The van der Waals surface area contributed by atoms with Crippen LogP contribution in [0.25, 0.3) is 0 Å². The van der Waals surface area contributed by atoms with Crippen molar-refractivity contribution in [1.82, 2.24) is 4.57 Å². The van der Waals surface area contributed by atoms with Crippen molar-refractivity contribution >= 4 is 11.3 Å². The predicted molar refractivity (Wildman–Crippen MR) is 55.3 cm³/mol. The van der Waals surface area contributed by atoms with E-state index in [4.69, 9.17) is 0 Å². The van der Waals surface area contributed by atoms with Crippen LogP contribution in [0.15, 0.2) is 21.8 Å². The van der Waals surface area contributed by atoms with Crippen LogP contribution in [0.4, 0.5) is 0 Å². The minimum Gasteiger partial charge on any atom is -0.300 e. The summed E-state index contributed by atoms with van der Waals surface area (Å²) in [5.41, 5.74) is 2.59. The van der Waals surface area contributed by atoms with Gasteiger partial charge in [0.15, 0.2) is 0 Å². The summed E-state index contributed by atoms with van der Waals surface area (Å²) in [6.45, 7) is 2.75. The molecule has 0 aliphatic heterocycles. The Labute approximate surface area is 81.5 Å². The Bertz CT molecular complexity index is 380. The first-order valence-electron chi connectivity index (χ1n) is 4.60. The van der Waals surface area contributed by atoms with E-state index in [0.717, 1.165) is 12.2 Å². The number of rotatable bonds is 2. The number of hydrogen-bond donors (Lipinski definition) is 0. The van der Waals surface area contributed by atoms with Crippen molar-refractivity contribution in [2.45, 2.75) is 32.7 Å². The first-order valence-corrected chi connectivity index (χ1v) is 5.48. The normalized spacial score (nSPS) is 15.6. The summed E-state index contributed by atoms with van der Waals surface area (Å²) in [5.74, 6) is 0. The van der Waals surface area contributed by atoms with Gasteiger partial charge in [0.25, 0.3) is 0 Å². The van der Waals surface area contributed by atoms with Gasteiger partial charge in [-0.05, 0) is 26.2 Å². The summed E-state index contributed by atoms with van der Waals surface area (Å²) in [4.78, 5) is 11.5. The van der Waals surface area contributed by atoms with Crippen LogP contribution in [0.3, 0.4) is 0 Å². The lowest BCUT2D eigenvalue weighted by atomic mass is 9.92. The van der Waals surface area contributed by atoms with Crippen LogP contribution in [0.2, 0.25) is 0 Å². The monoisotopic (exact) mass is 195 g/mol. The standard InChI is InChI=1S/C10H13NOS/c1-8-7-13-10(12)11(8)6-5-9-3-2-4-9/h5,7H,2-4,6H2,1H3. The van der Waals surface area contributed by atoms with E-state index in [9.17, 15) is 4.79 Å². The molecule has 13 heavy (non-hydrogen) atoms. The van der Waals surface area contributed by atoms with Gasteiger partial charge in [-0.15, -0.1) is 0 Å². The molecule has 1 aliphatic rings. The van der Waals surface area contributed by atoms with E-state index in [1.165, 1.54) is 36.2 Å². The van der Waals surface area contributed by atoms with Gasteiger partial charge in [0.2, 0.25) is 0 Å². The highest BCUT2D eigenvalue weighted by Crippen LogP contribution is 2.24. The van der Waals surface area contributed by atoms with Crippen molar-refractivity contribution in [1.29, 1.82) is 0 Å². The van der Waals surface area contributed by atoms with E-state index in [2.05, 4.69) is 6.08 Å². The average Bonchev–Trinajstić information content (AvgIpc) is 2.32. The van der Waals surface area contributed by atoms with Crippen LogP contribution in [-0.4, -0.2) is 4.57 Å². The van der Waals surface area contributed by atoms with Crippen LogP contribution < -0.4 is 4.87 Å². The zero-order valence-corrected chi connectivity index (χ0v) is 8.56. The molecule has 1 saturated carbocycles. The number of aryl methyl sites for hydroxylation is 1. The summed E-state index contributed by atoms with van der Waals surface area (Å²) in [6, 6.07) is 0. The molecule has 0 spiro atoms. The zero-order chi connectivity index (χ0) is 9.26. The second-order valence-electron chi connectivity index (χ2n) is 3.47. The van der Waals surface area contributed by atoms with Gasteiger partial charge in [-0.1, -0.05) is 23.0 Å². The average molecular weight is 195 g/mol. The number of aromatic nitrogens is 1. The van der Waals surface area contributed by atoms with E-state index in [-0.39, 0.29) is 4.87 Å². The molecule has 0 bridgehead atoms. The molecule has 0 saturated heterocycles. The van der Waals surface area contributed by atoms with Crippen molar-refractivity contribution in [2.24, 2.45) is 0 Å². The third-order valence-corrected chi connectivity index (χ3v) is 3.42. The van der Waals surface area contributed by atoms with Crippen molar-refractivity contribution in [3.05, 3.63) is 32.4 Å². The molecule has 0 aromatic carbocycles. The van der Waals surface area contributed by atoms with Crippen molar-refractivity contribution in [3.63, 3.8) is 0 Å². The first kappa shape index (κ1) is 8.75. The fourth-order valence-electron chi connectivity index (χ4n) is 1.43. The van der Waals surface area contributed by atoms with E-state index in [0.29, 0.717) is 0 Å². The van der Waals surface area contributed by atoms with Crippen LogP contribution >= 0.6 is 11.3 Å². The second kappa shape index (κ2) is 3.50. The molecular weight excluding hydrogens is 182 g/mol. The summed E-state index contributed by atoms with van der Waals surface area (Å²) >= 11 is 1.29. The third-order valence-electron chi connectivity index (χ3n) is 2.53. The molecule has 0 radical (unpaired) electrons. The highest BCUT2D eigenvalue weighted by atomic mass is 32.1. The Balaban J connectivity index is 2.13. The number of nitrogens with zero attached hydrogens (tertiary/aromatic N) is 1. The van der Waals surface area contributed by atoms with E-state index in [1.54, 1.807) is 0 Å². The minimum atomic E-state index is 0.161. The molecule has 3 heteroatoms. The molecule has 0 amide bonds. The van der Waals surface area contributed by atoms with Gasteiger partial charge in [0.1, 0.15) is 0 Å². The van der Waals surface area contributed by atoms with Gasteiger partial charge >= 0.3 is 4.87 Å². The van der Waals surface area contributed by atoms with Crippen LogP contribution in [0.5, 0.6) is 0 Å². The maximum Gasteiger partial charge on any atom is 0.307 e. The van der Waals surface area contributed by atoms with Crippen LogP contribution in [-0.2, 0) is 6.54 Å². The lowest BCUT2D eigenvalue weighted by molar-refractivity contribution is 0.645. The molecule has 2 rings (SSSR count). The summed E-state index contributed by atoms with van der Waals surface area (Å²) in [7, 11) is 0. The van der Waals surface area contributed by atoms with Crippen LogP contribution in [0.1, 0.15) is 25.0 Å². The molecule has 0 unspecified atom stereocenters. The molecule has 1 aliphatic carbocycles. The molecule has 1 heterocycles. The molecule has 1 aromatic rings. The number of thiazole rings is 1. The summed E-state index contributed by atoms with van der Waals surface area (Å²) < 4.78 is 1.83. The Hall–Kier alpha value is -0.830. The van der Waals surface area contributed by atoms with Gasteiger partial charge < -0.3 is 0 Å². The van der Waals surface area contributed by atoms with Crippen molar-refractivity contribution in [2.75, 3.05) is 0 Å². The fourth-order valence-corrected chi connectivity index (χ4v) is 2.18. The summed E-state index contributed by atoms with van der Waals surface area (Å²) in [5, 5.41) is 1.92. The first-order chi connectivity index (χ1) is 6.27. The summed E-state index contributed by atoms with van der Waals surface area (Å²) in [6.07, 6.45) is 5.99. The molecule has 2 nitrogen and oxygen atoms in total. The van der Waals surface area contributed by atoms with Gasteiger partial charge in [0, 0.05) is 17.6 Å². The van der Waals surface area contributed by atoms with Crippen LogP contribution in [0, 0.1) is 6.92 Å². The third kappa shape index (κ3) is 1.75. The smallest absolute Gasteiger partial charge is 0.300 e. The molecule has 1 fully saturated rings. The van der Waals surface area contributed by atoms with Gasteiger partial charge in [-0.2, -0.15) is 0 Å². The van der Waals surface area contributed by atoms with E-state index in [1.807, 2.05) is 16.9 Å². The molecule has 0 atom stereocenters. The lowest BCUT2D eigenvalue weighted by Crippen LogP contribution is -2.14. The molecule has 1 aromatic heterocycles. The fraction of sp³-hybridized carbons (Fsp3) is 0.500. The number of allylic oxidation sites excluding steroid dienone is 2. The zero-order valence-electron chi connectivity index (χ0n) is 7.75. The van der Waals surface area contributed by atoms with Crippen molar-refractivity contribution < 1.29 is 0 Å². The molecule has 0 N–H and O–H groups in total. The van der Waals surface area contributed by atoms with Gasteiger partial charge in [0.05, 0.1) is 0 Å². The van der Waals surface area contributed by atoms with Gasteiger partial charge in [-0.25, -0.2) is 0 Å². The largest absolute Gasteiger partial charge is 0.307 e. The lowest BCUT2D eigenvalue weighted by Gasteiger charge is -2.15. The molecule has 70 valence electrons. The minimum absolute atomic E-state index is 0.161. The number of hydrogen-bond acceptors (Lipinski definition) is 2. The van der Waals surface area contributed by atoms with E-state index >= 15 is 0 Å². The predicted octanol–water partition coefficient (Wildman–Crippen LogP) is 2.33. The van der Waals surface area contributed by atoms with Crippen molar-refractivity contribution in [3.8, 4) is 0 Å². The second-order valence-corrected chi connectivity index (χ2v) is 4.29. The Kier molecular flexibility index (Phi) is 2.36. The highest BCUT2D eigenvalue weighted by molar-refractivity contribution is 7.07. The molecular formula is C10H13NOS.